The van der Waals surface area contributed by atoms with Gasteiger partial charge in [-0.1, -0.05) is 37.3 Å². The Balaban J connectivity index is 2.50. The number of amides is 2. The predicted octanol–water partition coefficient (Wildman–Crippen LogP) is 2.68. The van der Waals surface area contributed by atoms with Gasteiger partial charge in [-0.3, -0.25) is 9.59 Å². The van der Waals surface area contributed by atoms with Crippen LogP contribution in [0.2, 0.25) is 0 Å². The van der Waals surface area contributed by atoms with E-state index in [0.717, 1.165) is 12.0 Å². The maximum Gasteiger partial charge on any atom is 0.224 e. The molecule has 0 aromatic heterocycles. The van der Waals surface area contributed by atoms with Crippen molar-refractivity contribution in [1.82, 2.24) is 9.80 Å². The molecule has 0 N–H and O–H groups in total. The molecule has 0 heterocycles. The molecule has 0 spiro atoms. The maximum absolute atomic E-state index is 12.2. The first-order valence-corrected chi connectivity index (χ1v) is 7.50. The highest BCUT2D eigenvalue weighted by Gasteiger charge is 2.17. The summed E-state index contributed by atoms with van der Waals surface area (Å²) in [5.74, 6) is 0.0938. The summed E-state index contributed by atoms with van der Waals surface area (Å²) in [6.07, 6.45) is 1.26. The van der Waals surface area contributed by atoms with Crippen LogP contribution in [0.25, 0.3) is 0 Å². The van der Waals surface area contributed by atoms with E-state index in [1.165, 1.54) is 0 Å². The molecule has 0 radical (unpaired) electrons. The summed E-state index contributed by atoms with van der Waals surface area (Å²) in [5, 5.41) is 0. The van der Waals surface area contributed by atoms with Crippen molar-refractivity contribution in [2.45, 2.75) is 46.2 Å². The van der Waals surface area contributed by atoms with Crippen molar-refractivity contribution >= 4 is 11.8 Å². The molecule has 0 aliphatic heterocycles. The van der Waals surface area contributed by atoms with E-state index in [-0.39, 0.29) is 17.9 Å². The summed E-state index contributed by atoms with van der Waals surface area (Å²) in [5.41, 5.74) is 1.11. The van der Waals surface area contributed by atoms with Crippen molar-refractivity contribution < 1.29 is 9.59 Å². The Labute approximate surface area is 127 Å². The average molecular weight is 290 g/mol. The van der Waals surface area contributed by atoms with Gasteiger partial charge in [-0.25, -0.2) is 0 Å². The second-order valence-corrected chi connectivity index (χ2v) is 5.46. The summed E-state index contributed by atoms with van der Waals surface area (Å²) in [4.78, 5) is 27.3. The molecule has 0 saturated heterocycles. The van der Waals surface area contributed by atoms with E-state index in [4.69, 9.17) is 0 Å². The molecule has 1 rings (SSSR count). The highest BCUT2D eigenvalue weighted by molar-refractivity contribution is 5.78. The zero-order valence-corrected chi connectivity index (χ0v) is 13.5. The number of hydrogen-bond acceptors (Lipinski definition) is 2. The minimum absolute atomic E-state index is 0.0304. The van der Waals surface area contributed by atoms with Crippen LogP contribution in [0, 0.1) is 0 Å². The molecule has 0 aliphatic rings. The first-order chi connectivity index (χ1) is 9.95. The van der Waals surface area contributed by atoms with Gasteiger partial charge in [0.15, 0.2) is 0 Å². The lowest BCUT2D eigenvalue weighted by atomic mass is 10.2. The third-order valence-corrected chi connectivity index (χ3v) is 3.78. The van der Waals surface area contributed by atoms with Crippen LogP contribution in [0.5, 0.6) is 0 Å². The Hall–Kier alpha value is -1.84. The van der Waals surface area contributed by atoms with Crippen LogP contribution in [-0.4, -0.2) is 41.2 Å². The Morgan fingerprint density at radius 3 is 2.33 bits per heavy atom. The van der Waals surface area contributed by atoms with Crippen LogP contribution in [0.1, 0.15) is 39.2 Å². The monoisotopic (exact) mass is 290 g/mol. The molecule has 0 bridgehead atoms. The fourth-order valence-corrected chi connectivity index (χ4v) is 2.26. The molecule has 1 aromatic rings. The Bertz CT molecular complexity index is 459. The van der Waals surface area contributed by atoms with E-state index >= 15 is 0 Å². The number of carbonyl (C=O) groups is 2. The zero-order valence-electron chi connectivity index (χ0n) is 13.5. The van der Waals surface area contributed by atoms with Crippen molar-refractivity contribution in [2.24, 2.45) is 0 Å². The summed E-state index contributed by atoms with van der Waals surface area (Å²) in [6, 6.07) is 10.1. The largest absolute Gasteiger partial charge is 0.341 e. The molecule has 1 unspecified atom stereocenters. The fraction of sp³-hybridized carbons (Fsp3) is 0.529. The third-order valence-electron chi connectivity index (χ3n) is 3.78. The van der Waals surface area contributed by atoms with E-state index in [2.05, 4.69) is 0 Å². The number of benzene rings is 1. The molecule has 4 nitrogen and oxygen atoms in total. The number of hydrogen-bond donors (Lipinski definition) is 0. The lowest BCUT2D eigenvalue weighted by Crippen LogP contribution is -2.39. The van der Waals surface area contributed by atoms with Crippen LogP contribution in [0.3, 0.4) is 0 Å². The second-order valence-electron chi connectivity index (χ2n) is 5.46. The van der Waals surface area contributed by atoms with Gasteiger partial charge in [0, 0.05) is 39.5 Å². The molecule has 1 atom stereocenters. The van der Waals surface area contributed by atoms with Crippen LogP contribution >= 0.6 is 0 Å². The minimum Gasteiger partial charge on any atom is -0.341 e. The minimum atomic E-state index is 0.0304. The normalized spacial score (nSPS) is 11.8. The number of rotatable bonds is 7. The van der Waals surface area contributed by atoms with Crippen LogP contribution in [-0.2, 0) is 16.1 Å². The predicted molar refractivity (Wildman–Crippen MR) is 84.7 cm³/mol. The van der Waals surface area contributed by atoms with Gasteiger partial charge in [0.1, 0.15) is 0 Å². The SMILES string of the molecule is CCC(C)N(CCC(=O)N(C)Cc1ccccc1)C(C)=O. The highest BCUT2D eigenvalue weighted by Crippen LogP contribution is 2.08. The molecule has 1 aromatic carbocycles. The van der Waals surface area contributed by atoms with Gasteiger partial charge in [0.25, 0.3) is 0 Å². The van der Waals surface area contributed by atoms with Gasteiger partial charge in [-0.05, 0) is 18.9 Å². The topological polar surface area (TPSA) is 40.6 Å². The Kier molecular flexibility index (Phi) is 6.92. The lowest BCUT2D eigenvalue weighted by Gasteiger charge is -2.28. The zero-order chi connectivity index (χ0) is 15.8. The summed E-state index contributed by atoms with van der Waals surface area (Å²) >= 11 is 0. The van der Waals surface area contributed by atoms with Crippen molar-refractivity contribution in [3.05, 3.63) is 35.9 Å². The third kappa shape index (κ3) is 5.58. The second kappa shape index (κ2) is 8.45. The molecule has 0 fully saturated rings. The van der Waals surface area contributed by atoms with Crippen LogP contribution in [0.4, 0.5) is 0 Å². The smallest absolute Gasteiger partial charge is 0.224 e. The van der Waals surface area contributed by atoms with Crippen molar-refractivity contribution in [3.8, 4) is 0 Å². The molecule has 4 heteroatoms. The van der Waals surface area contributed by atoms with Crippen molar-refractivity contribution in [2.75, 3.05) is 13.6 Å². The first-order valence-electron chi connectivity index (χ1n) is 7.50. The van der Waals surface area contributed by atoms with Gasteiger partial charge in [0.2, 0.25) is 11.8 Å². The molecular formula is C17H26N2O2. The van der Waals surface area contributed by atoms with E-state index in [9.17, 15) is 9.59 Å². The van der Waals surface area contributed by atoms with Crippen molar-refractivity contribution in [3.63, 3.8) is 0 Å². The molecule has 21 heavy (non-hydrogen) atoms. The lowest BCUT2D eigenvalue weighted by molar-refractivity contribution is -0.134. The molecule has 0 aliphatic carbocycles. The standard InChI is InChI=1S/C17H26N2O2/c1-5-14(2)19(15(3)20)12-11-17(21)18(4)13-16-9-7-6-8-10-16/h6-10,14H,5,11-13H2,1-4H3. The molecule has 116 valence electrons. The van der Waals surface area contributed by atoms with E-state index in [1.807, 2.05) is 44.2 Å². The quantitative estimate of drug-likeness (QED) is 0.774. The van der Waals surface area contributed by atoms with Gasteiger partial charge in [-0.2, -0.15) is 0 Å². The highest BCUT2D eigenvalue weighted by atomic mass is 16.2. The van der Waals surface area contributed by atoms with Gasteiger partial charge in [-0.15, -0.1) is 0 Å². The summed E-state index contributed by atoms with van der Waals surface area (Å²) < 4.78 is 0. The molecule has 0 saturated carbocycles. The van der Waals surface area contributed by atoms with Gasteiger partial charge in [0.05, 0.1) is 0 Å². The van der Waals surface area contributed by atoms with Crippen LogP contribution < -0.4 is 0 Å². The fourth-order valence-electron chi connectivity index (χ4n) is 2.26. The Morgan fingerprint density at radius 1 is 1.19 bits per heavy atom. The van der Waals surface area contributed by atoms with E-state index in [0.29, 0.717) is 19.5 Å². The van der Waals surface area contributed by atoms with E-state index in [1.54, 1.807) is 23.8 Å². The average Bonchev–Trinajstić information content (AvgIpc) is 2.47. The molecular weight excluding hydrogens is 264 g/mol. The summed E-state index contributed by atoms with van der Waals surface area (Å²) in [7, 11) is 1.80. The molecule has 2 amide bonds. The number of carbonyl (C=O) groups excluding carboxylic acids is 2. The Morgan fingerprint density at radius 2 is 1.81 bits per heavy atom. The van der Waals surface area contributed by atoms with Gasteiger partial charge < -0.3 is 9.80 Å². The first kappa shape index (κ1) is 17.2. The van der Waals surface area contributed by atoms with Crippen molar-refractivity contribution in [1.29, 1.82) is 0 Å². The summed E-state index contributed by atoms with van der Waals surface area (Å²) in [6.45, 7) is 6.71. The number of nitrogens with zero attached hydrogens (tertiary/aromatic N) is 2. The van der Waals surface area contributed by atoms with Gasteiger partial charge >= 0.3 is 0 Å². The maximum atomic E-state index is 12.2. The van der Waals surface area contributed by atoms with Crippen LogP contribution in [0.15, 0.2) is 30.3 Å². The van der Waals surface area contributed by atoms with E-state index < -0.39 is 0 Å².